The molecule has 6 heavy (non-hydrogen) atoms. The van der Waals surface area contributed by atoms with Crippen molar-refractivity contribution >= 4 is 0 Å². The molecule has 2 saturated carbocycles. The summed E-state index contributed by atoms with van der Waals surface area (Å²) in [5, 5.41) is 3.46. The van der Waals surface area contributed by atoms with Crippen LogP contribution in [-0.4, -0.2) is 11.6 Å². The van der Waals surface area contributed by atoms with Crippen LogP contribution in [0.2, 0.25) is 0 Å². The number of hydrogen-bond acceptors (Lipinski definition) is 1. The van der Waals surface area contributed by atoms with Crippen LogP contribution in [0.3, 0.4) is 0 Å². The fourth-order valence-corrected chi connectivity index (χ4v) is 1.92. The van der Waals surface area contributed by atoms with Gasteiger partial charge in [0.1, 0.15) is 0 Å². The van der Waals surface area contributed by atoms with E-state index < -0.39 is 0 Å². The average molecular weight is 81.1 g/mol. The smallest absolute Gasteiger partial charge is 0.0371 e. The van der Waals surface area contributed by atoms with Gasteiger partial charge in [-0.2, -0.15) is 0 Å². The van der Waals surface area contributed by atoms with E-state index in [0.717, 1.165) is 17.5 Å². The van der Waals surface area contributed by atoms with Gasteiger partial charge in [-0.3, -0.25) is 0 Å². The van der Waals surface area contributed by atoms with E-state index in [1.165, 1.54) is 12.8 Å². The van der Waals surface area contributed by atoms with Crippen molar-refractivity contribution in [3.05, 3.63) is 0 Å². The average Bonchev–Trinajstić information content (AvgIpc) is 2.31. The lowest BCUT2D eigenvalue weighted by Gasteiger charge is -2.00. The van der Waals surface area contributed by atoms with Crippen LogP contribution in [0.15, 0.2) is 0 Å². The molecule has 1 aliphatic heterocycles. The zero-order valence-corrected chi connectivity index (χ0v) is 3.57. The van der Waals surface area contributed by atoms with Gasteiger partial charge in [-0.1, -0.05) is 0 Å². The van der Waals surface area contributed by atoms with Crippen LogP contribution in [-0.2, 0) is 0 Å². The Bertz CT molecular complexity index is 101. The minimum absolute atomic E-state index is 0.806. The van der Waals surface area contributed by atoms with E-state index in [0.29, 0.717) is 0 Å². The van der Waals surface area contributed by atoms with Crippen LogP contribution in [0, 0.1) is 5.92 Å². The molecule has 3 aliphatic rings. The Kier molecular flexibility index (Phi) is 0.134. The van der Waals surface area contributed by atoms with Crippen LogP contribution in [0.25, 0.3) is 0 Å². The highest BCUT2D eigenvalue weighted by Gasteiger charge is 2.79. The summed E-state index contributed by atoms with van der Waals surface area (Å²) in [5.41, 5.74) is 0.806. The first-order valence-corrected chi connectivity index (χ1v) is 2.69. The zero-order valence-electron chi connectivity index (χ0n) is 3.57. The minimum Gasteiger partial charge on any atom is -0.305 e. The Morgan fingerprint density at radius 3 is 2.67 bits per heavy atom. The van der Waals surface area contributed by atoms with Crippen molar-refractivity contribution in [1.29, 1.82) is 0 Å². The lowest BCUT2D eigenvalue weighted by molar-refractivity contribution is 0.587. The van der Waals surface area contributed by atoms with E-state index in [1.54, 1.807) is 0 Å². The summed E-state index contributed by atoms with van der Waals surface area (Å²) in [5.74, 6) is 1.14. The highest BCUT2D eigenvalue weighted by Crippen LogP contribution is 2.69. The molecule has 0 bridgehead atoms. The molecule has 3 fully saturated rings. The first-order chi connectivity index (χ1) is 2.92. The summed E-state index contributed by atoms with van der Waals surface area (Å²) >= 11 is 0. The van der Waals surface area contributed by atoms with Crippen molar-refractivity contribution in [3.8, 4) is 0 Å². The molecule has 0 aromatic heterocycles. The predicted octanol–water partition coefficient (Wildman–Crippen LogP) is 0.121. The largest absolute Gasteiger partial charge is 0.305 e. The summed E-state index contributed by atoms with van der Waals surface area (Å²) in [6.07, 6.45) is 3.01. The molecule has 1 heteroatoms. The van der Waals surface area contributed by atoms with Crippen LogP contribution >= 0.6 is 0 Å². The predicted molar refractivity (Wildman–Crippen MR) is 22.4 cm³/mol. The SMILES string of the molecule is C1C2CC23NC13. The highest BCUT2D eigenvalue weighted by atomic mass is 15.3. The maximum atomic E-state index is 3.46. The van der Waals surface area contributed by atoms with Crippen LogP contribution < -0.4 is 5.32 Å². The van der Waals surface area contributed by atoms with Crippen molar-refractivity contribution in [1.82, 2.24) is 5.32 Å². The van der Waals surface area contributed by atoms with Crippen LogP contribution in [0.4, 0.5) is 0 Å². The number of rotatable bonds is 0. The fourth-order valence-electron chi connectivity index (χ4n) is 1.92. The molecule has 1 spiro atoms. The Hall–Kier alpha value is -0.0400. The zero-order chi connectivity index (χ0) is 3.78. The molecule has 0 radical (unpaired) electrons. The molecule has 32 valence electrons. The Balaban J connectivity index is 2.26. The van der Waals surface area contributed by atoms with Crippen molar-refractivity contribution < 1.29 is 0 Å². The third kappa shape index (κ3) is 0.0719. The normalized spacial score (nSPS) is 80.0. The van der Waals surface area contributed by atoms with Gasteiger partial charge in [0.15, 0.2) is 0 Å². The first kappa shape index (κ1) is 2.31. The molecule has 3 atom stereocenters. The maximum absolute atomic E-state index is 3.46. The standard InChI is InChI=1S/C5H7N/c1-3-2-5(3)4(1)6-5/h3-4,6H,1-2H2. The lowest BCUT2D eigenvalue weighted by atomic mass is 10.0. The van der Waals surface area contributed by atoms with Crippen molar-refractivity contribution in [2.45, 2.75) is 24.4 Å². The van der Waals surface area contributed by atoms with E-state index in [2.05, 4.69) is 5.32 Å². The minimum atomic E-state index is 0.806. The molecular formula is C5H7N. The molecule has 1 N–H and O–H groups in total. The van der Waals surface area contributed by atoms with Crippen molar-refractivity contribution in [2.24, 2.45) is 5.92 Å². The second-order valence-electron chi connectivity index (χ2n) is 2.87. The topological polar surface area (TPSA) is 21.9 Å². The molecule has 3 unspecified atom stereocenters. The molecule has 0 aromatic carbocycles. The van der Waals surface area contributed by atoms with Gasteiger partial charge in [0.25, 0.3) is 0 Å². The molecule has 0 aromatic rings. The molecule has 0 amide bonds. The van der Waals surface area contributed by atoms with Crippen LogP contribution in [0.5, 0.6) is 0 Å². The maximum Gasteiger partial charge on any atom is 0.0371 e. The van der Waals surface area contributed by atoms with Gasteiger partial charge >= 0.3 is 0 Å². The molecule has 1 heterocycles. The summed E-state index contributed by atoms with van der Waals surface area (Å²) in [7, 11) is 0. The number of hydrogen-bond donors (Lipinski definition) is 1. The third-order valence-corrected chi connectivity index (χ3v) is 2.65. The van der Waals surface area contributed by atoms with Gasteiger partial charge < -0.3 is 5.32 Å². The van der Waals surface area contributed by atoms with E-state index in [-0.39, 0.29) is 0 Å². The Morgan fingerprint density at radius 1 is 1.67 bits per heavy atom. The second-order valence-corrected chi connectivity index (χ2v) is 2.87. The Morgan fingerprint density at radius 2 is 2.67 bits per heavy atom. The van der Waals surface area contributed by atoms with Crippen LogP contribution in [0.1, 0.15) is 12.8 Å². The Labute approximate surface area is 36.7 Å². The van der Waals surface area contributed by atoms with Crippen molar-refractivity contribution in [2.75, 3.05) is 0 Å². The second kappa shape index (κ2) is 0.348. The summed E-state index contributed by atoms with van der Waals surface area (Å²) in [4.78, 5) is 0. The monoisotopic (exact) mass is 81.1 g/mol. The molecule has 3 rings (SSSR count). The van der Waals surface area contributed by atoms with Crippen molar-refractivity contribution in [3.63, 3.8) is 0 Å². The number of piperidine rings is 1. The molecule has 1 saturated heterocycles. The summed E-state index contributed by atoms with van der Waals surface area (Å²) < 4.78 is 0. The quantitative estimate of drug-likeness (QED) is 0.411. The van der Waals surface area contributed by atoms with Gasteiger partial charge in [-0.05, 0) is 18.8 Å². The van der Waals surface area contributed by atoms with E-state index >= 15 is 0 Å². The molecular weight excluding hydrogens is 74.1 g/mol. The number of nitrogens with one attached hydrogen (secondary N) is 1. The van der Waals surface area contributed by atoms with Gasteiger partial charge in [0.2, 0.25) is 0 Å². The third-order valence-electron chi connectivity index (χ3n) is 2.65. The van der Waals surface area contributed by atoms with Gasteiger partial charge in [-0.25, -0.2) is 0 Å². The van der Waals surface area contributed by atoms with E-state index in [1.807, 2.05) is 0 Å². The van der Waals surface area contributed by atoms with Gasteiger partial charge in [-0.15, -0.1) is 0 Å². The highest BCUT2D eigenvalue weighted by molar-refractivity contribution is 5.39. The van der Waals surface area contributed by atoms with E-state index in [4.69, 9.17) is 0 Å². The summed E-state index contributed by atoms with van der Waals surface area (Å²) in [6, 6.07) is 1.00. The molecule has 1 nitrogen and oxygen atoms in total. The summed E-state index contributed by atoms with van der Waals surface area (Å²) in [6.45, 7) is 0. The first-order valence-electron chi connectivity index (χ1n) is 2.69. The van der Waals surface area contributed by atoms with Gasteiger partial charge in [0.05, 0.1) is 0 Å². The van der Waals surface area contributed by atoms with Gasteiger partial charge in [0, 0.05) is 11.6 Å². The fraction of sp³-hybridized carbons (Fsp3) is 1.00. The molecule has 2 aliphatic carbocycles. The lowest BCUT2D eigenvalue weighted by Crippen LogP contribution is -2.08. The van der Waals surface area contributed by atoms with E-state index in [9.17, 15) is 0 Å².